The third-order valence-electron chi connectivity index (χ3n) is 5.11. The molecule has 2 aliphatic carbocycles. The van der Waals surface area contributed by atoms with Crippen LogP contribution in [0.5, 0.6) is 0 Å². The maximum atomic E-state index is 10.2. The van der Waals surface area contributed by atoms with E-state index in [0.717, 1.165) is 18.8 Å². The molecule has 0 aromatic heterocycles. The summed E-state index contributed by atoms with van der Waals surface area (Å²) in [5.74, 6) is 0.818. The summed E-state index contributed by atoms with van der Waals surface area (Å²) in [6.07, 6.45) is 7.25. The second-order valence-corrected chi connectivity index (χ2v) is 7.26. The van der Waals surface area contributed by atoms with Crippen LogP contribution in [0, 0.1) is 16.7 Å². The molecule has 0 radical (unpaired) electrons. The van der Waals surface area contributed by atoms with E-state index in [9.17, 15) is 5.11 Å². The van der Waals surface area contributed by atoms with Crippen molar-refractivity contribution in [1.29, 1.82) is 0 Å². The molecule has 3 atom stereocenters. The first-order valence-corrected chi connectivity index (χ1v) is 6.48. The lowest BCUT2D eigenvalue weighted by Crippen LogP contribution is -2.50. The van der Waals surface area contributed by atoms with Gasteiger partial charge in [-0.1, -0.05) is 27.2 Å². The zero-order valence-corrected chi connectivity index (χ0v) is 10.8. The van der Waals surface area contributed by atoms with Gasteiger partial charge in [0.15, 0.2) is 0 Å². The number of hydrogen-bond donors (Lipinski definition) is 1. The third-order valence-corrected chi connectivity index (χ3v) is 5.11. The van der Waals surface area contributed by atoms with E-state index >= 15 is 0 Å². The summed E-state index contributed by atoms with van der Waals surface area (Å²) in [5, 5.41) is 10.2. The Morgan fingerprint density at radius 2 is 1.67 bits per heavy atom. The Labute approximate surface area is 94.3 Å². The van der Waals surface area contributed by atoms with E-state index in [0.29, 0.717) is 10.8 Å². The minimum Gasteiger partial charge on any atom is -0.390 e. The molecule has 0 bridgehead atoms. The molecule has 0 aromatic rings. The van der Waals surface area contributed by atoms with Gasteiger partial charge in [-0.25, -0.2) is 0 Å². The van der Waals surface area contributed by atoms with Gasteiger partial charge in [-0.3, -0.25) is 0 Å². The SMILES string of the molecule is CC1(O)CCC2C(C)(C)CCC[C@]2(C)C1. The molecule has 1 nitrogen and oxygen atoms in total. The topological polar surface area (TPSA) is 20.2 Å². The van der Waals surface area contributed by atoms with Crippen LogP contribution in [0.3, 0.4) is 0 Å². The predicted molar refractivity (Wildman–Crippen MR) is 63.7 cm³/mol. The van der Waals surface area contributed by atoms with Gasteiger partial charge < -0.3 is 5.11 Å². The Kier molecular flexibility index (Phi) is 2.46. The molecule has 0 saturated heterocycles. The van der Waals surface area contributed by atoms with E-state index in [-0.39, 0.29) is 0 Å². The number of rotatable bonds is 0. The number of fused-ring (bicyclic) bond motifs is 1. The van der Waals surface area contributed by atoms with Gasteiger partial charge in [0.25, 0.3) is 0 Å². The van der Waals surface area contributed by atoms with E-state index in [1.165, 1.54) is 25.7 Å². The van der Waals surface area contributed by atoms with Crippen LogP contribution in [0.4, 0.5) is 0 Å². The monoisotopic (exact) mass is 210 g/mol. The highest BCUT2D eigenvalue weighted by Gasteiger charge is 2.51. The Morgan fingerprint density at radius 3 is 2.33 bits per heavy atom. The highest BCUT2D eigenvalue weighted by Crippen LogP contribution is 2.59. The second-order valence-electron chi connectivity index (χ2n) is 7.26. The van der Waals surface area contributed by atoms with Crippen LogP contribution in [0.1, 0.15) is 66.2 Å². The molecule has 2 rings (SSSR count). The molecule has 15 heavy (non-hydrogen) atoms. The molecular formula is C14H26O. The Bertz CT molecular complexity index is 254. The lowest BCUT2D eigenvalue weighted by Gasteiger charge is -2.56. The van der Waals surface area contributed by atoms with E-state index < -0.39 is 5.60 Å². The summed E-state index contributed by atoms with van der Waals surface area (Å²) < 4.78 is 0. The van der Waals surface area contributed by atoms with Gasteiger partial charge in [0, 0.05) is 0 Å². The van der Waals surface area contributed by atoms with Crippen LogP contribution in [0.15, 0.2) is 0 Å². The minimum atomic E-state index is -0.404. The van der Waals surface area contributed by atoms with Crippen molar-refractivity contribution in [2.24, 2.45) is 16.7 Å². The van der Waals surface area contributed by atoms with Gasteiger partial charge in [-0.05, 0) is 55.8 Å². The molecule has 1 N–H and O–H groups in total. The first kappa shape index (κ1) is 11.4. The Balaban J connectivity index is 2.24. The molecule has 2 fully saturated rings. The quantitative estimate of drug-likeness (QED) is 0.645. The minimum absolute atomic E-state index is 0.392. The summed E-state index contributed by atoms with van der Waals surface area (Å²) >= 11 is 0. The van der Waals surface area contributed by atoms with Crippen molar-refractivity contribution in [1.82, 2.24) is 0 Å². The fraction of sp³-hybridized carbons (Fsp3) is 1.00. The summed E-state index contributed by atoms with van der Waals surface area (Å²) in [7, 11) is 0. The van der Waals surface area contributed by atoms with Gasteiger partial charge in [0.1, 0.15) is 0 Å². The van der Waals surface area contributed by atoms with Crippen LogP contribution < -0.4 is 0 Å². The van der Waals surface area contributed by atoms with Crippen LogP contribution in [0.2, 0.25) is 0 Å². The maximum Gasteiger partial charge on any atom is 0.0625 e. The molecule has 1 heteroatoms. The number of aliphatic hydroxyl groups is 1. The van der Waals surface area contributed by atoms with Gasteiger partial charge in [0.2, 0.25) is 0 Å². The van der Waals surface area contributed by atoms with Crippen molar-refractivity contribution < 1.29 is 5.11 Å². The molecule has 0 amide bonds. The first-order chi connectivity index (χ1) is 6.75. The second kappa shape index (κ2) is 3.23. The molecule has 88 valence electrons. The largest absolute Gasteiger partial charge is 0.390 e. The van der Waals surface area contributed by atoms with Gasteiger partial charge >= 0.3 is 0 Å². The smallest absolute Gasteiger partial charge is 0.0625 e. The average molecular weight is 210 g/mol. The molecular weight excluding hydrogens is 184 g/mol. The summed E-state index contributed by atoms with van der Waals surface area (Å²) in [6, 6.07) is 0. The first-order valence-electron chi connectivity index (χ1n) is 6.48. The van der Waals surface area contributed by atoms with E-state index in [2.05, 4.69) is 20.8 Å². The van der Waals surface area contributed by atoms with Crippen molar-refractivity contribution in [3.05, 3.63) is 0 Å². The van der Waals surface area contributed by atoms with Crippen LogP contribution in [-0.4, -0.2) is 10.7 Å². The fourth-order valence-electron chi connectivity index (χ4n) is 4.60. The Morgan fingerprint density at radius 1 is 1.00 bits per heavy atom. The number of hydrogen-bond acceptors (Lipinski definition) is 1. The molecule has 2 unspecified atom stereocenters. The van der Waals surface area contributed by atoms with Crippen molar-refractivity contribution in [3.63, 3.8) is 0 Å². The summed E-state index contributed by atoms with van der Waals surface area (Å²) in [6.45, 7) is 9.28. The standard InChI is InChI=1S/C14H26O/c1-12(2)7-5-8-13(3)10-14(4,15)9-6-11(12)13/h11,15H,5-10H2,1-4H3/t11?,13-,14?/m1/s1. The third kappa shape index (κ3) is 1.95. The summed E-state index contributed by atoms with van der Waals surface area (Å²) in [4.78, 5) is 0. The molecule has 0 heterocycles. The van der Waals surface area contributed by atoms with Crippen LogP contribution in [-0.2, 0) is 0 Å². The lowest BCUT2D eigenvalue weighted by atomic mass is 9.50. The molecule has 0 aromatic carbocycles. The van der Waals surface area contributed by atoms with E-state index in [1.54, 1.807) is 0 Å². The van der Waals surface area contributed by atoms with Gasteiger partial charge in [0.05, 0.1) is 5.60 Å². The molecule has 0 aliphatic heterocycles. The predicted octanol–water partition coefficient (Wildman–Crippen LogP) is 3.75. The lowest BCUT2D eigenvalue weighted by molar-refractivity contribution is -0.114. The van der Waals surface area contributed by atoms with Crippen LogP contribution in [0.25, 0.3) is 0 Å². The maximum absolute atomic E-state index is 10.2. The molecule has 0 spiro atoms. The van der Waals surface area contributed by atoms with E-state index in [1.807, 2.05) is 6.92 Å². The fourth-order valence-corrected chi connectivity index (χ4v) is 4.60. The molecule has 2 saturated carbocycles. The average Bonchev–Trinajstić information content (AvgIpc) is 1.98. The normalized spacial score (nSPS) is 49.8. The van der Waals surface area contributed by atoms with Crippen molar-refractivity contribution >= 4 is 0 Å². The highest BCUT2D eigenvalue weighted by atomic mass is 16.3. The van der Waals surface area contributed by atoms with Gasteiger partial charge in [-0.2, -0.15) is 0 Å². The van der Waals surface area contributed by atoms with Crippen molar-refractivity contribution in [2.45, 2.75) is 71.8 Å². The van der Waals surface area contributed by atoms with Gasteiger partial charge in [-0.15, -0.1) is 0 Å². The van der Waals surface area contributed by atoms with Crippen molar-refractivity contribution in [3.8, 4) is 0 Å². The molecule has 2 aliphatic rings. The zero-order valence-electron chi connectivity index (χ0n) is 10.8. The Hall–Kier alpha value is -0.0400. The highest BCUT2D eigenvalue weighted by molar-refractivity contribution is 5.02. The van der Waals surface area contributed by atoms with E-state index in [4.69, 9.17) is 0 Å². The zero-order chi connectivity index (χ0) is 11.3. The van der Waals surface area contributed by atoms with Crippen molar-refractivity contribution in [2.75, 3.05) is 0 Å². The van der Waals surface area contributed by atoms with Crippen LogP contribution >= 0.6 is 0 Å². The summed E-state index contributed by atoms with van der Waals surface area (Å²) in [5.41, 5.74) is 0.478.